The summed E-state index contributed by atoms with van der Waals surface area (Å²) >= 11 is 0. The molecule has 2 rings (SSSR count). The third-order valence-electron chi connectivity index (χ3n) is 3.88. The molecule has 1 amide bonds. The van der Waals surface area contributed by atoms with E-state index in [1.165, 1.54) is 12.8 Å². The van der Waals surface area contributed by atoms with Crippen molar-refractivity contribution in [2.24, 2.45) is 5.92 Å². The molecule has 1 N–H and O–H groups in total. The van der Waals surface area contributed by atoms with Gasteiger partial charge in [0.2, 0.25) is 5.91 Å². The van der Waals surface area contributed by atoms with Crippen molar-refractivity contribution in [2.45, 2.75) is 31.9 Å². The standard InChI is InChI=1S/C14H27N3O2/c1-11(12-4-5-12)15-14(18)10-17-6-7-19-13(9-17)8-16(2)3/h11-13H,4-10H2,1-3H3,(H,15,18)/t11-,13-/m1/s1. The van der Waals surface area contributed by atoms with Crippen LogP contribution in [0.1, 0.15) is 19.8 Å². The summed E-state index contributed by atoms with van der Waals surface area (Å²) in [6.07, 6.45) is 2.76. The Balaban J connectivity index is 1.70. The Morgan fingerprint density at radius 2 is 2.21 bits per heavy atom. The van der Waals surface area contributed by atoms with E-state index in [0.717, 1.165) is 32.2 Å². The Morgan fingerprint density at radius 3 is 2.84 bits per heavy atom. The highest BCUT2D eigenvalue weighted by Gasteiger charge is 2.29. The minimum absolute atomic E-state index is 0.157. The number of morpholine rings is 1. The molecule has 19 heavy (non-hydrogen) atoms. The van der Waals surface area contributed by atoms with Gasteiger partial charge in [0.05, 0.1) is 19.3 Å². The van der Waals surface area contributed by atoms with Gasteiger partial charge in [-0.1, -0.05) is 0 Å². The van der Waals surface area contributed by atoms with Gasteiger partial charge in [0, 0.05) is 25.7 Å². The number of carbonyl (C=O) groups excluding carboxylic acids is 1. The van der Waals surface area contributed by atoms with Crippen LogP contribution < -0.4 is 5.32 Å². The molecule has 2 fully saturated rings. The van der Waals surface area contributed by atoms with Crippen molar-refractivity contribution in [3.63, 3.8) is 0 Å². The lowest BCUT2D eigenvalue weighted by Gasteiger charge is -2.33. The van der Waals surface area contributed by atoms with Crippen LogP contribution in [0.2, 0.25) is 0 Å². The van der Waals surface area contributed by atoms with Crippen molar-refractivity contribution in [1.82, 2.24) is 15.1 Å². The molecule has 1 aliphatic carbocycles. The van der Waals surface area contributed by atoms with Crippen molar-refractivity contribution >= 4 is 5.91 Å². The van der Waals surface area contributed by atoms with Crippen LogP contribution in [0.25, 0.3) is 0 Å². The number of amides is 1. The zero-order valence-electron chi connectivity index (χ0n) is 12.4. The summed E-state index contributed by atoms with van der Waals surface area (Å²) < 4.78 is 5.71. The van der Waals surface area contributed by atoms with Crippen molar-refractivity contribution in [3.05, 3.63) is 0 Å². The minimum Gasteiger partial charge on any atom is -0.374 e. The first kappa shape index (κ1) is 14.8. The normalized spacial score (nSPS) is 26.4. The number of likely N-dealkylation sites (N-methyl/N-ethyl adjacent to an activating group) is 1. The van der Waals surface area contributed by atoms with Gasteiger partial charge in [-0.2, -0.15) is 0 Å². The molecule has 0 aromatic rings. The van der Waals surface area contributed by atoms with Gasteiger partial charge in [-0.3, -0.25) is 9.69 Å². The average Bonchev–Trinajstić information content (AvgIpc) is 3.11. The second-order valence-electron chi connectivity index (χ2n) is 6.18. The lowest BCUT2D eigenvalue weighted by molar-refractivity contribution is -0.125. The van der Waals surface area contributed by atoms with Crippen LogP contribution >= 0.6 is 0 Å². The molecule has 1 saturated heterocycles. The fourth-order valence-electron chi connectivity index (χ4n) is 2.66. The van der Waals surface area contributed by atoms with E-state index in [1.807, 2.05) is 14.1 Å². The largest absolute Gasteiger partial charge is 0.374 e. The van der Waals surface area contributed by atoms with Crippen LogP contribution in [0, 0.1) is 5.92 Å². The number of nitrogens with one attached hydrogen (secondary N) is 1. The second-order valence-corrected chi connectivity index (χ2v) is 6.18. The lowest BCUT2D eigenvalue weighted by atomic mass is 10.2. The molecule has 0 unspecified atom stereocenters. The molecule has 0 aromatic carbocycles. The molecular weight excluding hydrogens is 242 g/mol. The molecule has 0 aromatic heterocycles. The number of carbonyl (C=O) groups is 1. The van der Waals surface area contributed by atoms with E-state index >= 15 is 0 Å². The maximum Gasteiger partial charge on any atom is 0.234 e. The number of nitrogens with zero attached hydrogens (tertiary/aromatic N) is 2. The molecule has 0 radical (unpaired) electrons. The second kappa shape index (κ2) is 6.68. The third-order valence-corrected chi connectivity index (χ3v) is 3.88. The van der Waals surface area contributed by atoms with Gasteiger partial charge < -0.3 is 15.0 Å². The fraction of sp³-hybridized carbons (Fsp3) is 0.929. The molecule has 5 nitrogen and oxygen atoms in total. The molecule has 1 saturated carbocycles. The Hall–Kier alpha value is -0.650. The van der Waals surface area contributed by atoms with Crippen LogP contribution in [-0.4, -0.2) is 74.7 Å². The summed E-state index contributed by atoms with van der Waals surface area (Å²) in [5.41, 5.74) is 0. The Morgan fingerprint density at radius 1 is 1.47 bits per heavy atom. The lowest BCUT2D eigenvalue weighted by Crippen LogP contribution is -2.50. The Kier molecular flexibility index (Phi) is 5.19. The predicted molar refractivity (Wildman–Crippen MR) is 75.1 cm³/mol. The highest BCUT2D eigenvalue weighted by atomic mass is 16.5. The van der Waals surface area contributed by atoms with Crippen molar-refractivity contribution in [2.75, 3.05) is 46.9 Å². The third kappa shape index (κ3) is 5.09. The van der Waals surface area contributed by atoms with Crippen molar-refractivity contribution in [1.29, 1.82) is 0 Å². The molecule has 1 heterocycles. The van der Waals surface area contributed by atoms with Crippen molar-refractivity contribution in [3.8, 4) is 0 Å². The summed E-state index contributed by atoms with van der Waals surface area (Å²) in [7, 11) is 4.10. The SMILES string of the molecule is C[C@@H](NC(=O)CN1CCO[C@H](CN(C)C)C1)C1CC1. The van der Waals surface area contributed by atoms with Crippen LogP contribution in [0.3, 0.4) is 0 Å². The molecule has 0 bridgehead atoms. The summed E-state index contributed by atoms with van der Waals surface area (Å²) in [6, 6.07) is 0.339. The van der Waals surface area contributed by atoms with Gasteiger partial charge in [0.25, 0.3) is 0 Å². The first-order valence-electron chi connectivity index (χ1n) is 7.32. The van der Waals surface area contributed by atoms with E-state index < -0.39 is 0 Å². The quantitative estimate of drug-likeness (QED) is 0.746. The monoisotopic (exact) mass is 269 g/mol. The topological polar surface area (TPSA) is 44.8 Å². The molecule has 2 aliphatic rings. The molecule has 2 atom stereocenters. The fourth-order valence-corrected chi connectivity index (χ4v) is 2.66. The highest BCUT2D eigenvalue weighted by Crippen LogP contribution is 2.32. The first-order valence-corrected chi connectivity index (χ1v) is 7.32. The van der Waals surface area contributed by atoms with Gasteiger partial charge in [0.15, 0.2) is 0 Å². The Bertz CT molecular complexity index is 305. The average molecular weight is 269 g/mol. The van der Waals surface area contributed by atoms with Gasteiger partial charge in [-0.05, 0) is 39.8 Å². The Labute approximate surface area is 116 Å². The number of hydrogen-bond donors (Lipinski definition) is 1. The van der Waals surface area contributed by atoms with Gasteiger partial charge in [0.1, 0.15) is 0 Å². The van der Waals surface area contributed by atoms with E-state index in [4.69, 9.17) is 4.74 Å². The zero-order chi connectivity index (χ0) is 13.8. The molecule has 1 aliphatic heterocycles. The highest BCUT2D eigenvalue weighted by molar-refractivity contribution is 5.78. The summed E-state index contributed by atoms with van der Waals surface area (Å²) in [4.78, 5) is 16.3. The van der Waals surface area contributed by atoms with E-state index in [1.54, 1.807) is 0 Å². The van der Waals surface area contributed by atoms with E-state index in [0.29, 0.717) is 12.6 Å². The van der Waals surface area contributed by atoms with Gasteiger partial charge in [-0.15, -0.1) is 0 Å². The molecular formula is C14H27N3O2. The predicted octanol–water partition coefficient (Wildman–Crippen LogP) is 0.164. The summed E-state index contributed by atoms with van der Waals surface area (Å²) in [5, 5.41) is 3.11. The smallest absolute Gasteiger partial charge is 0.234 e. The minimum atomic E-state index is 0.157. The zero-order valence-corrected chi connectivity index (χ0v) is 12.4. The number of rotatable bonds is 6. The van der Waals surface area contributed by atoms with Crippen molar-refractivity contribution < 1.29 is 9.53 Å². The maximum absolute atomic E-state index is 12.0. The first-order chi connectivity index (χ1) is 9.04. The van der Waals surface area contributed by atoms with Crippen LogP contribution in [0.4, 0.5) is 0 Å². The maximum atomic E-state index is 12.0. The summed E-state index contributed by atoms with van der Waals surface area (Å²) in [6.45, 7) is 5.97. The molecule has 5 heteroatoms. The van der Waals surface area contributed by atoms with Crippen LogP contribution in [0.15, 0.2) is 0 Å². The van der Waals surface area contributed by atoms with Gasteiger partial charge in [-0.25, -0.2) is 0 Å². The van der Waals surface area contributed by atoms with Gasteiger partial charge >= 0.3 is 0 Å². The van der Waals surface area contributed by atoms with Crippen LogP contribution in [-0.2, 0) is 9.53 Å². The van der Waals surface area contributed by atoms with Crippen LogP contribution in [0.5, 0.6) is 0 Å². The summed E-state index contributed by atoms with van der Waals surface area (Å²) in [5.74, 6) is 0.875. The van der Waals surface area contributed by atoms with E-state index in [-0.39, 0.29) is 12.0 Å². The number of ether oxygens (including phenoxy) is 1. The molecule has 0 spiro atoms. The van der Waals surface area contributed by atoms with E-state index in [9.17, 15) is 4.79 Å². The molecule has 110 valence electrons. The number of hydrogen-bond acceptors (Lipinski definition) is 4. The van der Waals surface area contributed by atoms with E-state index in [2.05, 4.69) is 22.0 Å².